The Morgan fingerprint density at radius 3 is 1.59 bits per heavy atom. The van der Waals surface area contributed by atoms with Crippen molar-refractivity contribution < 1.29 is 28.7 Å². The minimum Gasteiger partial charge on any atom is -0.464 e. The number of carbonyl (C=O) groups is 4. The molecule has 2 rings (SSSR count). The summed E-state index contributed by atoms with van der Waals surface area (Å²) in [7, 11) is 0. The van der Waals surface area contributed by atoms with E-state index in [1.165, 1.54) is 36.5 Å². The van der Waals surface area contributed by atoms with E-state index in [2.05, 4.69) is 10.6 Å². The second kappa shape index (κ2) is 11.3. The maximum atomic E-state index is 11.9. The third kappa shape index (κ3) is 7.31. The van der Waals surface area contributed by atoms with Gasteiger partial charge in [-0.2, -0.15) is 0 Å². The molecule has 0 saturated carbocycles. The first-order valence-electron chi connectivity index (χ1n) is 8.90. The van der Waals surface area contributed by atoms with Crippen LogP contribution in [-0.4, -0.2) is 49.1 Å². The molecular weight excluding hydrogens is 416 g/mol. The van der Waals surface area contributed by atoms with Gasteiger partial charge < -0.3 is 20.1 Å². The molecule has 0 saturated heterocycles. The molecule has 2 aromatic heterocycles. The summed E-state index contributed by atoms with van der Waals surface area (Å²) < 4.78 is 10.1. The Balaban J connectivity index is 1.59. The molecule has 0 aliphatic rings. The van der Waals surface area contributed by atoms with E-state index in [0.29, 0.717) is 16.2 Å². The summed E-state index contributed by atoms with van der Waals surface area (Å²) in [4.78, 5) is 48.6. The van der Waals surface area contributed by atoms with Gasteiger partial charge in [-0.15, -0.1) is 22.7 Å². The molecule has 2 heterocycles. The van der Waals surface area contributed by atoms with Crippen molar-refractivity contribution in [2.24, 2.45) is 0 Å². The fourth-order valence-corrected chi connectivity index (χ4v) is 3.38. The number of esters is 2. The summed E-state index contributed by atoms with van der Waals surface area (Å²) >= 11 is 2.56. The van der Waals surface area contributed by atoms with Crippen molar-refractivity contribution in [3.63, 3.8) is 0 Å². The van der Waals surface area contributed by atoms with Crippen LogP contribution >= 0.6 is 22.7 Å². The lowest BCUT2D eigenvalue weighted by Crippen LogP contribution is -2.40. The SMILES string of the molecule is CC(NC(=O)c1cccs1)C(=O)OCCCOC(=O)C(C)NC(=O)c1cccs1. The lowest BCUT2D eigenvalue weighted by atomic mass is 10.3. The molecule has 0 radical (unpaired) electrons. The van der Waals surface area contributed by atoms with Crippen LogP contribution in [0, 0.1) is 0 Å². The maximum Gasteiger partial charge on any atom is 0.328 e. The van der Waals surface area contributed by atoms with Crippen LogP contribution < -0.4 is 10.6 Å². The zero-order valence-electron chi connectivity index (χ0n) is 16.0. The van der Waals surface area contributed by atoms with Crippen LogP contribution in [0.25, 0.3) is 0 Å². The third-order valence-corrected chi connectivity index (χ3v) is 5.41. The molecule has 2 amide bonds. The molecule has 2 atom stereocenters. The van der Waals surface area contributed by atoms with Gasteiger partial charge in [0.15, 0.2) is 0 Å². The van der Waals surface area contributed by atoms with E-state index in [9.17, 15) is 19.2 Å². The standard InChI is InChI=1S/C19H22N2O6S2/c1-12(20-16(22)14-6-3-10-28-14)18(24)26-8-5-9-27-19(25)13(2)21-17(23)15-7-4-11-29-15/h3-4,6-7,10-13H,5,8-9H2,1-2H3,(H,20,22)(H,21,23). The molecule has 29 heavy (non-hydrogen) atoms. The van der Waals surface area contributed by atoms with Gasteiger partial charge in [-0.25, -0.2) is 9.59 Å². The molecule has 10 heteroatoms. The maximum absolute atomic E-state index is 11.9. The minimum absolute atomic E-state index is 0.0429. The molecule has 0 bridgehead atoms. The summed E-state index contributed by atoms with van der Waals surface area (Å²) in [6, 6.07) is 5.24. The molecule has 0 aliphatic carbocycles. The Labute approximate surface area is 176 Å². The summed E-state index contributed by atoms with van der Waals surface area (Å²) in [5.74, 6) is -1.82. The van der Waals surface area contributed by atoms with Crippen molar-refractivity contribution >= 4 is 46.4 Å². The van der Waals surface area contributed by atoms with Gasteiger partial charge in [0.2, 0.25) is 0 Å². The topological polar surface area (TPSA) is 111 Å². The number of thiophene rings is 2. The molecule has 2 aromatic rings. The van der Waals surface area contributed by atoms with E-state index in [4.69, 9.17) is 9.47 Å². The Kier molecular flexibility index (Phi) is 8.81. The van der Waals surface area contributed by atoms with Gasteiger partial charge in [0.25, 0.3) is 11.8 Å². The van der Waals surface area contributed by atoms with Crippen LogP contribution in [-0.2, 0) is 19.1 Å². The van der Waals surface area contributed by atoms with E-state index in [1.807, 2.05) is 0 Å². The fourth-order valence-electron chi connectivity index (χ4n) is 2.12. The van der Waals surface area contributed by atoms with E-state index in [0.717, 1.165) is 0 Å². The summed E-state index contributed by atoms with van der Waals surface area (Å²) in [6.07, 6.45) is 0.300. The molecule has 0 aromatic carbocycles. The molecule has 156 valence electrons. The van der Waals surface area contributed by atoms with Crippen molar-refractivity contribution in [2.45, 2.75) is 32.4 Å². The van der Waals surface area contributed by atoms with Gasteiger partial charge in [-0.1, -0.05) is 12.1 Å². The highest BCUT2D eigenvalue weighted by atomic mass is 32.1. The number of nitrogens with one attached hydrogen (secondary N) is 2. The van der Waals surface area contributed by atoms with Crippen molar-refractivity contribution in [1.82, 2.24) is 10.6 Å². The van der Waals surface area contributed by atoms with Gasteiger partial charge in [0.1, 0.15) is 12.1 Å². The predicted molar refractivity (Wildman–Crippen MR) is 109 cm³/mol. The highest BCUT2D eigenvalue weighted by Gasteiger charge is 2.20. The Hall–Kier alpha value is -2.72. The summed E-state index contributed by atoms with van der Waals surface area (Å²) in [5.41, 5.74) is 0. The van der Waals surface area contributed by atoms with Crippen LogP contribution in [0.1, 0.15) is 39.6 Å². The number of ether oxygens (including phenoxy) is 2. The molecule has 2 N–H and O–H groups in total. The average molecular weight is 439 g/mol. The van der Waals surface area contributed by atoms with Crippen molar-refractivity contribution in [1.29, 1.82) is 0 Å². The zero-order valence-corrected chi connectivity index (χ0v) is 17.6. The molecular formula is C19H22N2O6S2. The van der Waals surface area contributed by atoms with Crippen LogP contribution in [0.2, 0.25) is 0 Å². The van der Waals surface area contributed by atoms with Crippen molar-refractivity contribution in [2.75, 3.05) is 13.2 Å². The highest BCUT2D eigenvalue weighted by Crippen LogP contribution is 2.09. The number of amides is 2. The second-order valence-corrected chi connectivity index (χ2v) is 7.93. The normalized spacial score (nSPS) is 12.5. The molecule has 0 fully saturated rings. The smallest absolute Gasteiger partial charge is 0.328 e. The van der Waals surface area contributed by atoms with Crippen LogP contribution in [0.3, 0.4) is 0 Å². The van der Waals surface area contributed by atoms with Gasteiger partial charge in [-0.3, -0.25) is 9.59 Å². The highest BCUT2D eigenvalue weighted by molar-refractivity contribution is 7.12. The van der Waals surface area contributed by atoms with Crippen molar-refractivity contribution in [3.8, 4) is 0 Å². The van der Waals surface area contributed by atoms with Gasteiger partial charge >= 0.3 is 11.9 Å². The van der Waals surface area contributed by atoms with Crippen LogP contribution in [0.4, 0.5) is 0 Å². The predicted octanol–water partition coefficient (Wildman–Crippen LogP) is 2.22. The average Bonchev–Trinajstić information content (AvgIpc) is 3.40. The first-order chi connectivity index (χ1) is 13.9. The van der Waals surface area contributed by atoms with Gasteiger partial charge in [-0.05, 0) is 36.7 Å². The zero-order chi connectivity index (χ0) is 21.2. The monoisotopic (exact) mass is 438 g/mol. The molecule has 8 nitrogen and oxygen atoms in total. The van der Waals surface area contributed by atoms with Crippen molar-refractivity contribution in [3.05, 3.63) is 44.8 Å². The molecule has 2 unspecified atom stereocenters. The quantitative estimate of drug-likeness (QED) is 0.435. The lowest BCUT2D eigenvalue weighted by molar-refractivity contribution is -0.148. The lowest BCUT2D eigenvalue weighted by Gasteiger charge is -2.14. The third-order valence-electron chi connectivity index (χ3n) is 3.67. The minimum atomic E-state index is -0.792. The number of carbonyl (C=O) groups excluding carboxylic acids is 4. The van der Waals surface area contributed by atoms with Crippen LogP contribution in [0.5, 0.6) is 0 Å². The number of rotatable bonds is 10. The fraction of sp³-hybridized carbons (Fsp3) is 0.368. The van der Waals surface area contributed by atoms with Crippen LogP contribution in [0.15, 0.2) is 35.0 Å². The van der Waals surface area contributed by atoms with Gasteiger partial charge in [0, 0.05) is 6.42 Å². The van der Waals surface area contributed by atoms with E-state index < -0.39 is 24.0 Å². The van der Waals surface area contributed by atoms with Gasteiger partial charge in [0.05, 0.1) is 23.0 Å². The Bertz CT molecular complexity index is 752. The second-order valence-electron chi connectivity index (χ2n) is 6.03. The Morgan fingerprint density at radius 2 is 1.24 bits per heavy atom. The first-order valence-corrected chi connectivity index (χ1v) is 10.7. The Morgan fingerprint density at radius 1 is 0.828 bits per heavy atom. The largest absolute Gasteiger partial charge is 0.464 e. The number of hydrogen-bond acceptors (Lipinski definition) is 8. The molecule has 0 spiro atoms. The van der Waals surface area contributed by atoms with E-state index in [1.54, 1.807) is 35.0 Å². The molecule has 0 aliphatic heterocycles. The summed E-state index contributed by atoms with van der Waals surface area (Å²) in [5, 5.41) is 8.66. The number of hydrogen-bond donors (Lipinski definition) is 2. The van der Waals surface area contributed by atoms with E-state index >= 15 is 0 Å². The van der Waals surface area contributed by atoms with E-state index in [-0.39, 0.29) is 25.0 Å². The summed E-state index contributed by atoms with van der Waals surface area (Å²) in [6.45, 7) is 3.15. The first kappa shape index (κ1) is 22.6.